The monoisotopic (exact) mass is 525 g/mol. The molecule has 0 aliphatic carbocycles. The van der Waals surface area contributed by atoms with Crippen LogP contribution < -0.4 is 16.0 Å². The van der Waals surface area contributed by atoms with Crippen molar-refractivity contribution in [2.45, 2.75) is 85.6 Å². The van der Waals surface area contributed by atoms with Gasteiger partial charge in [-0.05, 0) is 45.1 Å². The summed E-state index contributed by atoms with van der Waals surface area (Å²) in [6.45, 7) is 13.0. The van der Waals surface area contributed by atoms with Gasteiger partial charge in [-0.15, -0.1) is 0 Å². The number of rotatable bonds is 11. The zero-order chi connectivity index (χ0) is 28.2. The van der Waals surface area contributed by atoms with Gasteiger partial charge in [0, 0.05) is 24.3 Å². The molecule has 0 saturated heterocycles. The Balaban J connectivity index is 0.000000856. The van der Waals surface area contributed by atoms with Crippen LogP contribution in [0.4, 0.5) is 24.9 Å². The van der Waals surface area contributed by atoms with Gasteiger partial charge in [-0.3, -0.25) is 4.79 Å². The van der Waals surface area contributed by atoms with Crippen molar-refractivity contribution in [1.29, 1.82) is 0 Å². The Morgan fingerprint density at radius 1 is 1.03 bits per heavy atom. The molecule has 0 spiro atoms. The van der Waals surface area contributed by atoms with E-state index in [2.05, 4.69) is 72.7 Å². The number of nitrogens with zero attached hydrogens (tertiary/aromatic N) is 2. The number of anilines is 2. The zero-order valence-corrected chi connectivity index (χ0v) is 22.2. The number of amides is 1. The minimum Gasteiger partial charge on any atom is -0.475 e. The average molecular weight is 526 g/mol. The lowest BCUT2D eigenvalue weighted by atomic mass is 10.0. The molecule has 1 aromatic carbocycles. The van der Waals surface area contributed by atoms with Crippen molar-refractivity contribution >= 4 is 23.6 Å². The van der Waals surface area contributed by atoms with Gasteiger partial charge in [0.25, 0.3) is 0 Å². The van der Waals surface area contributed by atoms with Gasteiger partial charge in [0.1, 0.15) is 11.9 Å². The predicted molar refractivity (Wildman–Crippen MR) is 138 cm³/mol. The van der Waals surface area contributed by atoms with Gasteiger partial charge in [-0.1, -0.05) is 57.0 Å². The normalized spacial score (nSPS) is 12.7. The molecule has 0 aliphatic rings. The van der Waals surface area contributed by atoms with Gasteiger partial charge >= 0.3 is 12.1 Å². The SMILES string of the molecule is CCCC(C)Nc1nc(C)cc(N[C@@H](CC(C)C)C(=O)NCc2ccc(C)cc2)n1.O=C(O)C(F)(F)F. The molecule has 1 heterocycles. The molecule has 4 N–H and O–H groups in total. The molecular weight excluding hydrogens is 487 g/mol. The summed E-state index contributed by atoms with van der Waals surface area (Å²) in [5.74, 6) is -1.13. The topological polar surface area (TPSA) is 116 Å². The first kappa shape index (κ1) is 31.7. The Hall–Kier alpha value is -3.37. The van der Waals surface area contributed by atoms with E-state index in [1.54, 1.807) is 0 Å². The Morgan fingerprint density at radius 2 is 1.62 bits per heavy atom. The van der Waals surface area contributed by atoms with Crippen molar-refractivity contribution in [3.63, 3.8) is 0 Å². The number of hydrogen-bond donors (Lipinski definition) is 4. The number of hydrogen-bond acceptors (Lipinski definition) is 6. The second-order valence-electron chi connectivity index (χ2n) is 9.39. The highest BCUT2D eigenvalue weighted by molar-refractivity contribution is 5.84. The van der Waals surface area contributed by atoms with Crippen LogP contribution in [0.5, 0.6) is 0 Å². The van der Waals surface area contributed by atoms with Crippen LogP contribution in [-0.4, -0.2) is 45.2 Å². The number of aromatic nitrogens is 2. The molecule has 0 radical (unpaired) electrons. The number of halogens is 3. The first-order chi connectivity index (χ1) is 17.2. The molecule has 1 unspecified atom stereocenters. The zero-order valence-electron chi connectivity index (χ0n) is 22.2. The fraction of sp³-hybridized carbons (Fsp3) is 0.538. The average Bonchev–Trinajstić information content (AvgIpc) is 2.77. The van der Waals surface area contributed by atoms with E-state index in [0.29, 0.717) is 30.3 Å². The summed E-state index contributed by atoms with van der Waals surface area (Å²) in [6, 6.07) is 10.0. The number of carboxylic acid groups (broad SMARTS) is 1. The number of benzene rings is 1. The second-order valence-corrected chi connectivity index (χ2v) is 9.39. The molecule has 0 fully saturated rings. The molecule has 2 atom stereocenters. The number of carbonyl (C=O) groups is 2. The molecule has 11 heteroatoms. The van der Waals surface area contributed by atoms with E-state index in [1.807, 2.05) is 25.1 Å². The highest BCUT2D eigenvalue weighted by Gasteiger charge is 2.38. The Morgan fingerprint density at radius 3 is 2.14 bits per heavy atom. The molecule has 2 rings (SSSR count). The molecule has 0 bridgehead atoms. The lowest BCUT2D eigenvalue weighted by Gasteiger charge is -2.21. The van der Waals surface area contributed by atoms with Crippen molar-refractivity contribution in [2.24, 2.45) is 5.92 Å². The summed E-state index contributed by atoms with van der Waals surface area (Å²) >= 11 is 0. The third kappa shape index (κ3) is 12.9. The largest absolute Gasteiger partial charge is 0.490 e. The fourth-order valence-corrected chi connectivity index (χ4v) is 3.33. The van der Waals surface area contributed by atoms with Crippen LogP contribution >= 0.6 is 0 Å². The van der Waals surface area contributed by atoms with Gasteiger partial charge in [-0.25, -0.2) is 9.78 Å². The van der Waals surface area contributed by atoms with Gasteiger partial charge in [0.05, 0.1) is 0 Å². The van der Waals surface area contributed by atoms with Crippen molar-refractivity contribution in [3.05, 3.63) is 47.2 Å². The molecule has 2 aromatic rings. The summed E-state index contributed by atoms with van der Waals surface area (Å²) in [6.07, 6.45) is -2.21. The van der Waals surface area contributed by atoms with E-state index >= 15 is 0 Å². The second kappa shape index (κ2) is 15.0. The third-order valence-corrected chi connectivity index (χ3v) is 5.13. The number of carboxylic acids is 1. The van der Waals surface area contributed by atoms with Crippen molar-refractivity contribution < 1.29 is 27.9 Å². The Bertz CT molecular complexity index is 998. The lowest BCUT2D eigenvalue weighted by molar-refractivity contribution is -0.192. The summed E-state index contributed by atoms with van der Waals surface area (Å²) < 4.78 is 31.7. The van der Waals surface area contributed by atoms with Crippen LogP contribution in [0.15, 0.2) is 30.3 Å². The van der Waals surface area contributed by atoms with Crippen LogP contribution in [0.3, 0.4) is 0 Å². The third-order valence-electron chi connectivity index (χ3n) is 5.13. The van der Waals surface area contributed by atoms with E-state index in [-0.39, 0.29) is 11.9 Å². The molecule has 1 amide bonds. The van der Waals surface area contributed by atoms with E-state index in [4.69, 9.17) is 9.90 Å². The van der Waals surface area contributed by atoms with Crippen molar-refractivity contribution in [1.82, 2.24) is 15.3 Å². The number of aliphatic carboxylic acids is 1. The maximum absolute atomic E-state index is 12.9. The standard InChI is InChI=1S/C24H37N5O.C2HF3O2/c1-7-8-18(5)26-24-27-19(6)14-22(29-24)28-21(13-16(2)3)23(30)25-15-20-11-9-17(4)10-12-20;3-2(4,5)1(6)7/h9-12,14,16,18,21H,7-8,13,15H2,1-6H3,(H,25,30)(H2,26,27,28,29);(H,6,7)/t18?,21-;/m0./s1. The number of aryl methyl sites for hydroxylation is 2. The number of carbonyl (C=O) groups excluding carboxylic acids is 1. The highest BCUT2D eigenvalue weighted by atomic mass is 19.4. The fourth-order valence-electron chi connectivity index (χ4n) is 3.33. The van der Waals surface area contributed by atoms with Gasteiger partial charge in [0.2, 0.25) is 11.9 Å². The minimum atomic E-state index is -5.08. The maximum Gasteiger partial charge on any atom is 0.490 e. The van der Waals surface area contributed by atoms with E-state index in [1.165, 1.54) is 5.56 Å². The molecule has 0 saturated carbocycles. The lowest BCUT2D eigenvalue weighted by Crippen LogP contribution is -2.40. The molecule has 37 heavy (non-hydrogen) atoms. The first-order valence-corrected chi connectivity index (χ1v) is 12.2. The smallest absolute Gasteiger partial charge is 0.475 e. The highest BCUT2D eigenvalue weighted by Crippen LogP contribution is 2.16. The Labute approximate surface area is 216 Å². The van der Waals surface area contributed by atoms with Gasteiger partial charge in [0.15, 0.2) is 0 Å². The summed E-state index contributed by atoms with van der Waals surface area (Å²) in [5.41, 5.74) is 3.16. The predicted octanol–water partition coefficient (Wildman–Crippen LogP) is 5.47. The van der Waals surface area contributed by atoms with Crippen LogP contribution in [0.1, 0.15) is 63.8 Å². The van der Waals surface area contributed by atoms with Crippen molar-refractivity contribution in [3.8, 4) is 0 Å². The summed E-state index contributed by atoms with van der Waals surface area (Å²) in [4.78, 5) is 30.9. The quantitative estimate of drug-likeness (QED) is 0.307. The summed E-state index contributed by atoms with van der Waals surface area (Å²) in [5, 5.41) is 16.9. The minimum absolute atomic E-state index is 0.0191. The van der Waals surface area contributed by atoms with Crippen LogP contribution in [0.2, 0.25) is 0 Å². The van der Waals surface area contributed by atoms with Gasteiger partial charge in [-0.2, -0.15) is 18.2 Å². The Kier molecular flexibility index (Phi) is 12.8. The first-order valence-electron chi connectivity index (χ1n) is 12.2. The molecule has 0 aliphatic heterocycles. The number of nitrogens with one attached hydrogen (secondary N) is 3. The van der Waals surface area contributed by atoms with Gasteiger partial charge < -0.3 is 21.1 Å². The van der Waals surface area contributed by atoms with Crippen molar-refractivity contribution in [2.75, 3.05) is 10.6 Å². The van der Waals surface area contributed by atoms with E-state index < -0.39 is 12.1 Å². The molecule has 206 valence electrons. The van der Waals surface area contributed by atoms with E-state index in [0.717, 1.165) is 30.5 Å². The number of alkyl halides is 3. The van der Waals surface area contributed by atoms with Crippen LogP contribution in [0, 0.1) is 19.8 Å². The molecule has 8 nitrogen and oxygen atoms in total. The van der Waals surface area contributed by atoms with Crippen LogP contribution in [0.25, 0.3) is 0 Å². The van der Waals surface area contributed by atoms with E-state index in [9.17, 15) is 18.0 Å². The molecule has 1 aromatic heterocycles. The maximum atomic E-state index is 12.9. The van der Waals surface area contributed by atoms with Crippen LogP contribution in [-0.2, 0) is 16.1 Å². The summed E-state index contributed by atoms with van der Waals surface area (Å²) in [7, 11) is 0. The molecular formula is C26H38F3N5O3.